The van der Waals surface area contributed by atoms with Gasteiger partial charge in [-0.15, -0.1) is 11.8 Å². The molecule has 1 aromatic carbocycles. The van der Waals surface area contributed by atoms with Gasteiger partial charge in [-0.1, -0.05) is 6.07 Å². The van der Waals surface area contributed by atoms with Crippen molar-refractivity contribution < 1.29 is 22.7 Å². The number of aromatic nitrogens is 1. The number of ether oxygens (including phenoxy) is 1. The Morgan fingerprint density at radius 3 is 2.95 bits per heavy atom. The summed E-state index contributed by atoms with van der Waals surface area (Å²) in [6.45, 7) is 3.17. The maximum Gasteiger partial charge on any atom is 0.418 e. The number of carbonyl (C=O) groups is 1. The van der Waals surface area contributed by atoms with E-state index in [0.29, 0.717) is 17.0 Å². The number of fused-ring (bicyclic) bond motifs is 2. The summed E-state index contributed by atoms with van der Waals surface area (Å²) >= 11 is 1.94. The van der Waals surface area contributed by atoms with Crippen LogP contribution in [0.2, 0.25) is 0 Å². The lowest BCUT2D eigenvalue weighted by Crippen LogP contribution is -2.37. The first-order chi connectivity index (χ1) is 18.8. The van der Waals surface area contributed by atoms with Crippen LogP contribution in [0.15, 0.2) is 48.4 Å². The predicted molar refractivity (Wildman–Crippen MR) is 146 cm³/mol. The minimum absolute atomic E-state index is 0.0198. The van der Waals surface area contributed by atoms with Crippen LogP contribution >= 0.6 is 11.8 Å². The molecule has 2 N–H and O–H groups in total. The minimum atomic E-state index is -4.47. The van der Waals surface area contributed by atoms with E-state index in [1.807, 2.05) is 30.4 Å². The number of anilines is 2. The first-order valence-electron chi connectivity index (χ1n) is 13.4. The van der Waals surface area contributed by atoms with Crippen LogP contribution in [0.4, 0.5) is 24.5 Å². The summed E-state index contributed by atoms with van der Waals surface area (Å²) in [5.41, 5.74) is 3.59. The summed E-state index contributed by atoms with van der Waals surface area (Å²) in [5.74, 6) is -0.241. The summed E-state index contributed by atoms with van der Waals surface area (Å²) in [5, 5.41) is 6.63. The average Bonchev–Trinajstić information content (AvgIpc) is 3.70. The lowest BCUT2D eigenvalue weighted by molar-refractivity contribution is -0.137. The Balaban J connectivity index is 1.13. The van der Waals surface area contributed by atoms with E-state index in [1.165, 1.54) is 22.1 Å². The molecule has 4 aliphatic rings. The van der Waals surface area contributed by atoms with Crippen LogP contribution in [0.25, 0.3) is 0 Å². The molecule has 11 heteroatoms. The van der Waals surface area contributed by atoms with Gasteiger partial charge in [0.05, 0.1) is 30.0 Å². The lowest BCUT2D eigenvalue weighted by Gasteiger charge is -2.23. The number of thioether (sulfide) groups is 1. The fraction of sp³-hybridized carbons (Fsp3) is 0.500. The van der Waals surface area contributed by atoms with Crippen molar-refractivity contribution in [3.63, 3.8) is 0 Å². The summed E-state index contributed by atoms with van der Waals surface area (Å²) in [4.78, 5) is 21.3. The van der Waals surface area contributed by atoms with Crippen molar-refractivity contribution in [3.8, 4) is 0 Å². The highest BCUT2D eigenvalue weighted by molar-refractivity contribution is 8.00. The number of benzene rings is 1. The Kier molecular flexibility index (Phi) is 7.24. The normalized spacial score (nSPS) is 27.6. The number of likely N-dealkylation sites (tertiary alicyclic amines) is 1. The van der Waals surface area contributed by atoms with Crippen LogP contribution < -0.4 is 15.5 Å². The highest BCUT2D eigenvalue weighted by Crippen LogP contribution is 2.46. The van der Waals surface area contributed by atoms with Crippen molar-refractivity contribution in [1.29, 1.82) is 0 Å². The molecule has 0 bridgehead atoms. The standard InChI is InChI=1S/C28H32F3N5O2S/c1-35-25(34-22-4-2-3-21(27(22)35)28(29,30)31)11-26(37)33-12-18-14-36(19-8-10-38-16-19)15-24(18)39-23-6-5-17-7-9-32-13-20(17)23/h2-4,7,9,12-13,19,23-25,34H,5-6,8,10-11,14-16H2,1H3,(H,33,37)/b18-12-/t19?,23?,24-,25?/m0/s1. The number of rotatable bonds is 6. The highest BCUT2D eigenvalue weighted by atomic mass is 32.2. The molecule has 2 aromatic rings. The van der Waals surface area contributed by atoms with E-state index in [4.69, 9.17) is 4.74 Å². The van der Waals surface area contributed by atoms with E-state index in [0.717, 1.165) is 57.2 Å². The van der Waals surface area contributed by atoms with Gasteiger partial charge in [-0.25, -0.2) is 0 Å². The Morgan fingerprint density at radius 1 is 1.28 bits per heavy atom. The number of alkyl halides is 3. The smallest absolute Gasteiger partial charge is 0.380 e. The molecular weight excluding hydrogens is 527 g/mol. The molecule has 2 saturated heterocycles. The molecule has 1 amide bonds. The van der Waals surface area contributed by atoms with Gasteiger partial charge >= 0.3 is 6.18 Å². The number of carbonyl (C=O) groups excluding carboxylic acids is 1. The van der Waals surface area contributed by atoms with Gasteiger partial charge in [0.25, 0.3) is 0 Å². The van der Waals surface area contributed by atoms with Crippen molar-refractivity contribution >= 4 is 29.0 Å². The van der Waals surface area contributed by atoms with Crippen molar-refractivity contribution in [3.05, 3.63) is 65.1 Å². The van der Waals surface area contributed by atoms with E-state index >= 15 is 0 Å². The topological polar surface area (TPSA) is 69.7 Å². The zero-order valence-electron chi connectivity index (χ0n) is 21.7. The second-order valence-corrected chi connectivity index (χ2v) is 12.0. The van der Waals surface area contributed by atoms with Gasteiger partial charge in [-0.3, -0.25) is 14.7 Å². The molecule has 39 heavy (non-hydrogen) atoms. The Hall–Kier alpha value is -2.76. The van der Waals surface area contributed by atoms with Gasteiger partial charge < -0.3 is 20.3 Å². The number of nitrogens with zero attached hydrogens (tertiary/aromatic N) is 3. The number of para-hydroxylation sites is 1. The Labute approximate surface area is 230 Å². The fourth-order valence-corrected chi connectivity index (χ4v) is 7.72. The molecule has 208 valence electrons. The largest absolute Gasteiger partial charge is 0.418 e. The quantitative estimate of drug-likeness (QED) is 0.537. The first kappa shape index (κ1) is 26.5. The number of hydrogen-bond acceptors (Lipinski definition) is 7. The van der Waals surface area contributed by atoms with Crippen molar-refractivity contribution in [2.45, 2.75) is 54.6 Å². The highest BCUT2D eigenvalue weighted by Gasteiger charge is 2.40. The second kappa shape index (κ2) is 10.7. The van der Waals surface area contributed by atoms with Gasteiger partial charge in [0.15, 0.2) is 0 Å². The number of hydrogen-bond donors (Lipinski definition) is 2. The van der Waals surface area contributed by atoms with Gasteiger partial charge in [-0.05, 0) is 54.2 Å². The van der Waals surface area contributed by atoms with Crippen LogP contribution in [0.5, 0.6) is 0 Å². The minimum Gasteiger partial charge on any atom is -0.380 e. The molecule has 0 saturated carbocycles. The summed E-state index contributed by atoms with van der Waals surface area (Å²) in [6.07, 6.45) is 3.79. The molecule has 1 aliphatic carbocycles. The van der Waals surface area contributed by atoms with Crippen LogP contribution in [-0.4, -0.2) is 66.6 Å². The SMILES string of the molecule is CN1c2c(cccc2C(F)(F)F)NC1CC(=O)N/C=C1/CN(C2CCOC2)C[C@@H]1SC1CCc2ccncc21. The van der Waals surface area contributed by atoms with E-state index < -0.39 is 17.9 Å². The molecule has 1 aromatic heterocycles. The van der Waals surface area contributed by atoms with Crippen molar-refractivity contribution in [1.82, 2.24) is 15.2 Å². The maximum atomic E-state index is 13.5. The molecule has 3 unspecified atom stereocenters. The van der Waals surface area contributed by atoms with Crippen LogP contribution in [0.1, 0.15) is 41.2 Å². The molecular formula is C28H32F3N5O2S. The molecule has 7 nitrogen and oxygen atoms in total. The third-order valence-electron chi connectivity index (χ3n) is 8.20. The van der Waals surface area contributed by atoms with Crippen molar-refractivity contribution in [2.24, 2.45) is 0 Å². The van der Waals surface area contributed by atoms with Gasteiger partial charge in [0.2, 0.25) is 5.91 Å². The number of halogens is 3. The third-order valence-corrected chi connectivity index (χ3v) is 9.80. The maximum absolute atomic E-state index is 13.5. The van der Waals surface area contributed by atoms with E-state index in [1.54, 1.807) is 13.1 Å². The summed E-state index contributed by atoms with van der Waals surface area (Å²) in [6, 6.07) is 6.55. The molecule has 6 rings (SSSR count). The zero-order valence-corrected chi connectivity index (χ0v) is 22.5. The third kappa shape index (κ3) is 5.36. The second-order valence-electron chi connectivity index (χ2n) is 10.6. The van der Waals surface area contributed by atoms with Gasteiger partial charge in [0.1, 0.15) is 6.17 Å². The molecule has 0 radical (unpaired) electrons. The predicted octanol–water partition coefficient (Wildman–Crippen LogP) is 4.57. The zero-order chi connectivity index (χ0) is 27.1. The molecule has 4 heterocycles. The Morgan fingerprint density at radius 2 is 2.15 bits per heavy atom. The number of aryl methyl sites for hydroxylation is 1. The first-order valence-corrected chi connectivity index (χ1v) is 14.3. The van der Waals surface area contributed by atoms with E-state index in [2.05, 4.69) is 26.6 Å². The number of nitrogens with one attached hydrogen (secondary N) is 2. The van der Waals surface area contributed by atoms with Gasteiger partial charge in [-0.2, -0.15) is 13.2 Å². The van der Waals surface area contributed by atoms with Crippen LogP contribution in [0.3, 0.4) is 0 Å². The molecule has 3 aliphatic heterocycles. The van der Waals surface area contributed by atoms with Gasteiger partial charge in [0, 0.05) is 61.9 Å². The number of pyridine rings is 1. The van der Waals surface area contributed by atoms with E-state index in [-0.39, 0.29) is 23.3 Å². The Bertz CT molecular complexity index is 1270. The number of amides is 1. The van der Waals surface area contributed by atoms with E-state index in [9.17, 15) is 18.0 Å². The summed E-state index contributed by atoms with van der Waals surface area (Å²) in [7, 11) is 1.59. The monoisotopic (exact) mass is 559 g/mol. The average molecular weight is 560 g/mol. The fourth-order valence-electron chi connectivity index (χ4n) is 6.12. The van der Waals surface area contributed by atoms with Crippen LogP contribution in [0, 0.1) is 0 Å². The van der Waals surface area contributed by atoms with Crippen LogP contribution in [-0.2, 0) is 22.1 Å². The molecule has 4 atom stereocenters. The molecule has 0 spiro atoms. The molecule has 2 fully saturated rings. The summed E-state index contributed by atoms with van der Waals surface area (Å²) < 4.78 is 46.3. The van der Waals surface area contributed by atoms with Crippen molar-refractivity contribution in [2.75, 3.05) is 43.6 Å². The lowest BCUT2D eigenvalue weighted by atomic mass is 10.1.